The summed E-state index contributed by atoms with van der Waals surface area (Å²) in [7, 11) is 0. The Labute approximate surface area is 197 Å². The number of pyridine rings is 1. The van der Waals surface area contributed by atoms with Crippen molar-refractivity contribution in [2.45, 2.75) is 19.8 Å². The Balaban J connectivity index is 1.61. The van der Waals surface area contributed by atoms with Gasteiger partial charge in [0.1, 0.15) is 18.2 Å². The Kier molecular flexibility index (Phi) is 5.65. The normalized spacial score (nSPS) is 13.2. The van der Waals surface area contributed by atoms with E-state index < -0.39 is 17.5 Å². The molecule has 5 nitrogen and oxygen atoms in total. The minimum Gasteiger partial charge on any atom is -0.489 e. The summed E-state index contributed by atoms with van der Waals surface area (Å²) in [6.45, 7) is 4.73. The van der Waals surface area contributed by atoms with Gasteiger partial charge in [0, 0.05) is 29.0 Å². The Morgan fingerprint density at radius 2 is 1.94 bits per heavy atom. The van der Waals surface area contributed by atoms with Gasteiger partial charge >= 0.3 is 0 Å². The summed E-state index contributed by atoms with van der Waals surface area (Å²) in [5, 5.41) is 1.73. The highest BCUT2D eigenvalue weighted by Gasteiger charge is 2.27. The maximum Gasteiger partial charge on any atom is 0.280 e. The van der Waals surface area contributed by atoms with Crippen LogP contribution in [0.3, 0.4) is 0 Å². The molecule has 2 aromatic carbocycles. The van der Waals surface area contributed by atoms with E-state index in [0.717, 1.165) is 23.1 Å². The fraction of sp³-hybridized carbons (Fsp3) is 0.200. The third-order valence-corrected chi connectivity index (χ3v) is 6.87. The van der Waals surface area contributed by atoms with Crippen LogP contribution in [0.5, 0.6) is 5.75 Å². The molecule has 174 valence electrons. The number of aromatic nitrogens is 1. The van der Waals surface area contributed by atoms with Gasteiger partial charge in [0.2, 0.25) is 0 Å². The number of rotatable bonds is 4. The number of para-hydroxylation sites is 2. The number of thiophene rings is 1. The number of halogens is 3. The molecule has 0 unspecified atom stereocenters. The highest BCUT2D eigenvalue weighted by Crippen LogP contribution is 2.41. The minimum atomic E-state index is -1.27. The monoisotopic (exact) mass is 483 g/mol. The van der Waals surface area contributed by atoms with Crippen molar-refractivity contribution in [1.82, 2.24) is 10.4 Å². The number of carbonyl (C=O) groups is 1. The molecule has 4 aromatic rings. The average molecular weight is 484 g/mol. The number of nitrogens with one attached hydrogen (secondary N) is 1. The maximum absolute atomic E-state index is 14.6. The van der Waals surface area contributed by atoms with E-state index in [4.69, 9.17) is 4.74 Å². The van der Waals surface area contributed by atoms with Crippen LogP contribution in [0.1, 0.15) is 35.0 Å². The number of hydrazine groups is 1. The van der Waals surface area contributed by atoms with Crippen molar-refractivity contribution in [3.8, 4) is 16.9 Å². The molecular weight excluding hydrogens is 463 g/mol. The predicted octanol–water partition coefficient (Wildman–Crippen LogP) is 6.05. The summed E-state index contributed by atoms with van der Waals surface area (Å²) in [5.74, 6) is -3.07. The largest absolute Gasteiger partial charge is 0.489 e. The summed E-state index contributed by atoms with van der Waals surface area (Å²) < 4.78 is 48.6. The first-order valence-corrected chi connectivity index (χ1v) is 11.5. The van der Waals surface area contributed by atoms with Crippen LogP contribution in [0.25, 0.3) is 21.3 Å². The van der Waals surface area contributed by atoms with Gasteiger partial charge in [-0.05, 0) is 30.2 Å². The zero-order chi connectivity index (χ0) is 24.0. The number of benzene rings is 2. The molecule has 1 N–H and O–H groups in total. The van der Waals surface area contributed by atoms with Gasteiger partial charge in [-0.15, -0.1) is 11.3 Å². The van der Waals surface area contributed by atoms with Crippen molar-refractivity contribution in [2.24, 2.45) is 0 Å². The van der Waals surface area contributed by atoms with Gasteiger partial charge in [-0.25, -0.2) is 13.2 Å². The van der Waals surface area contributed by atoms with Crippen molar-refractivity contribution in [3.63, 3.8) is 0 Å². The topological polar surface area (TPSA) is 54.5 Å². The van der Waals surface area contributed by atoms with Crippen molar-refractivity contribution in [3.05, 3.63) is 76.6 Å². The molecule has 0 saturated heterocycles. The van der Waals surface area contributed by atoms with Crippen LogP contribution in [0, 0.1) is 17.5 Å². The molecule has 0 saturated carbocycles. The standard InChI is InChI=1S/C25H20F3N3O2S/c1-13(2)20-22-23(15(7-8-29-22)16-11-14(26)12-17(27)21(16)28)34-24(20)25(32)30-31-9-10-33-19-6-4-3-5-18(19)31/h3-8,11-13H,9-10H2,1-2H3,(H,30,32). The van der Waals surface area contributed by atoms with Crippen molar-refractivity contribution >= 4 is 33.1 Å². The lowest BCUT2D eigenvalue weighted by atomic mass is 9.99. The summed E-state index contributed by atoms with van der Waals surface area (Å²) in [4.78, 5) is 18.3. The number of ether oxygens (including phenoxy) is 1. The molecule has 0 spiro atoms. The van der Waals surface area contributed by atoms with Crippen LogP contribution in [0.2, 0.25) is 0 Å². The third kappa shape index (κ3) is 3.75. The maximum atomic E-state index is 14.6. The number of amides is 1. The van der Waals surface area contributed by atoms with Gasteiger partial charge < -0.3 is 4.74 Å². The molecule has 2 aromatic heterocycles. The van der Waals surface area contributed by atoms with Crippen LogP contribution in [0.4, 0.5) is 18.9 Å². The highest BCUT2D eigenvalue weighted by atomic mass is 32.1. The molecule has 0 bridgehead atoms. The summed E-state index contributed by atoms with van der Waals surface area (Å²) >= 11 is 1.13. The fourth-order valence-electron chi connectivity index (χ4n) is 4.14. The number of hydrogen-bond acceptors (Lipinski definition) is 5. The molecule has 5 rings (SSSR count). The first-order valence-electron chi connectivity index (χ1n) is 10.7. The molecule has 0 atom stereocenters. The van der Waals surface area contributed by atoms with Crippen LogP contribution in [-0.4, -0.2) is 24.0 Å². The van der Waals surface area contributed by atoms with Gasteiger partial charge in [0.25, 0.3) is 5.91 Å². The van der Waals surface area contributed by atoms with Gasteiger partial charge in [-0.2, -0.15) is 0 Å². The highest BCUT2D eigenvalue weighted by molar-refractivity contribution is 7.21. The summed E-state index contributed by atoms with van der Waals surface area (Å²) in [6, 6.07) is 10.3. The second-order valence-corrected chi connectivity index (χ2v) is 9.21. The van der Waals surface area contributed by atoms with Crippen LogP contribution < -0.4 is 15.2 Å². The lowest BCUT2D eigenvalue weighted by Gasteiger charge is -2.31. The zero-order valence-electron chi connectivity index (χ0n) is 18.4. The number of nitrogens with zero attached hydrogens (tertiary/aromatic N) is 2. The van der Waals surface area contributed by atoms with Crippen molar-refractivity contribution in [1.29, 1.82) is 0 Å². The molecule has 9 heteroatoms. The van der Waals surface area contributed by atoms with Gasteiger partial charge in [0.05, 0.1) is 27.3 Å². The minimum absolute atomic E-state index is 0.0803. The third-order valence-electron chi connectivity index (χ3n) is 5.64. The quantitative estimate of drug-likeness (QED) is 0.359. The Morgan fingerprint density at radius 3 is 2.74 bits per heavy atom. The van der Waals surface area contributed by atoms with Gasteiger partial charge in [0.15, 0.2) is 11.6 Å². The van der Waals surface area contributed by atoms with Crippen LogP contribution >= 0.6 is 11.3 Å². The number of anilines is 1. The predicted molar refractivity (Wildman–Crippen MR) is 126 cm³/mol. The molecule has 0 aliphatic carbocycles. The van der Waals surface area contributed by atoms with Crippen molar-refractivity contribution in [2.75, 3.05) is 18.2 Å². The molecule has 1 aliphatic heterocycles. The van der Waals surface area contributed by atoms with E-state index in [1.165, 1.54) is 12.3 Å². The zero-order valence-corrected chi connectivity index (χ0v) is 19.2. The number of hydrogen-bond donors (Lipinski definition) is 1. The summed E-state index contributed by atoms with van der Waals surface area (Å²) in [5.41, 5.74) is 4.95. The number of carbonyl (C=O) groups excluding carboxylic acids is 1. The van der Waals surface area contributed by atoms with E-state index in [-0.39, 0.29) is 23.0 Å². The van der Waals surface area contributed by atoms with E-state index in [1.807, 2.05) is 38.1 Å². The molecule has 34 heavy (non-hydrogen) atoms. The lowest BCUT2D eigenvalue weighted by molar-refractivity contribution is 0.0948. The van der Waals surface area contributed by atoms with Crippen molar-refractivity contribution < 1.29 is 22.7 Å². The summed E-state index contributed by atoms with van der Waals surface area (Å²) in [6.07, 6.45) is 1.46. The van der Waals surface area contributed by atoms with E-state index >= 15 is 0 Å². The second-order valence-electron chi connectivity index (χ2n) is 8.19. The first-order chi connectivity index (χ1) is 16.3. The smallest absolute Gasteiger partial charge is 0.280 e. The fourth-order valence-corrected chi connectivity index (χ4v) is 5.47. The Bertz CT molecular complexity index is 1420. The SMILES string of the molecule is CC(C)c1c(C(=O)NN2CCOc3ccccc32)sc2c(-c3cc(F)cc(F)c3F)ccnc12. The first kappa shape index (κ1) is 22.2. The van der Waals surface area contributed by atoms with E-state index in [9.17, 15) is 18.0 Å². The second kappa shape index (κ2) is 8.64. The number of fused-ring (bicyclic) bond motifs is 2. The van der Waals surface area contributed by atoms with Crippen LogP contribution in [-0.2, 0) is 0 Å². The lowest BCUT2D eigenvalue weighted by Crippen LogP contribution is -2.46. The molecular formula is C25H20F3N3O2S. The average Bonchev–Trinajstić information content (AvgIpc) is 3.22. The van der Waals surface area contributed by atoms with E-state index in [1.54, 1.807) is 5.01 Å². The Hall–Kier alpha value is -3.59. The van der Waals surface area contributed by atoms with Gasteiger partial charge in [-0.1, -0.05) is 26.0 Å². The van der Waals surface area contributed by atoms with E-state index in [2.05, 4.69) is 10.4 Å². The molecule has 0 fully saturated rings. The molecule has 0 radical (unpaired) electrons. The Morgan fingerprint density at radius 1 is 1.15 bits per heavy atom. The van der Waals surface area contributed by atoms with Gasteiger partial charge in [-0.3, -0.25) is 20.2 Å². The molecule has 3 heterocycles. The molecule has 1 aliphatic rings. The molecule has 1 amide bonds. The van der Waals surface area contributed by atoms with E-state index in [0.29, 0.717) is 45.6 Å². The van der Waals surface area contributed by atoms with Crippen LogP contribution in [0.15, 0.2) is 48.7 Å².